The van der Waals surface area contributed by atoms with Crippen LogP contribution in [0.3, 0.4) is 0 Å². The number of alkyl halides is 3. The molecule has 9 heteroatoms. The van der Waals surface area contributed by atoms with E-state index in [2.05, 4.69) is 10.1 Å². The van der Waals surface area contributed by atoms with Crippen LogP contribution < -0.4 is 5.32 Å². The maximum Gasteiger partial charge on any atom is 0.411 e. The average Bonchev–Trinajstić information content (AvgIpc) is 2.62. The van der Waals surface area contributed by atoms with E-state index in [9.17, 15) is 26.7 Å². The molecular weight excluding hydrogens is 383 g/mol. The first-order valence-electron chi connectivity index (χ1n) is 8.29. The van der Waals surface area contributed by atoms with Crippen molar-refractivity contribution in [1.82, 2.24) is 10.2 Å². The quantitative estimate of drug-likeness (QED) is 0.699. The van der Waals surface area contributed by atoms with Gasteiger partial charge in [0.2, 0.25) is 0 Å². The van der Waals surface area contributed by atoms with Crippen LogP contribution in [0, 0.1) is 11.6 Å². The fourth-order valence-electron chi connectivity index (χ4n) is 2.33. The van der Waals surface area contributed by atoms with Crippen molar-refractivity contribution in [1.29, 1.82) is 0 Å². The van der Waals surface area contributed by atoms with Gasteiger partial charge in [-0.2, -0.15) is 13.2 Å². The molecule has 2 rings (SSSR count). The van der Waals surface area contributed by atoms with E-state index in [4.69, 9.17) is 0 Å². The largest absolute Gasteiger partial charge is 0.411 e. The highest BCUT2D eigenvalue weighted by molar-refractivity contribution is 5.73. The second kappa shape index (κ2) is 9.50. The predicted octanol–water partition coefficient (Wildman–Crippen LogP) is 4.39. The van der Waals surface area contributed by atoms with E-state index in [0.29, 0.717) is 5.56 Å². The molecule has 28 heavy (non-hydrogen) atoms. The molecule has 0 atom stereocenters. The molecule has 0 aliphatic heterocycles. The van der Waals surface area contributed by atoms with Crippen molar-refractivity contribution < 1.29 is 31.5 Å². The third kappa shape index (κ3) is 7.15. The van der Waals surface area contributed by atoms with Crippen LogP contribution in [-0.4, -0.2) is 30.8 Å². The number of rotatable bonds is 7. The van der Waals surface area contributed by atoms with Gasteiger partial charge < -0.3 is 15.0 Å². The summed E-state index contributed by atoms with van der Waals surface area (Å²) < 4.78 is 67.2. The number of carbonyl (C=O) groups excluding carboxylic acids is 1. The lowest BCUT2D eigenvalue weighted by atomic mass is 10.1. The second-order valence-corrected chi connectivity index (χ2v) is 6.17. The van der Waals surface area contributed by atoms with E-state index in [1.807, 2.05) is 0 Å². The lowest BCUT2D eigenvalue weighted by Gasteiger charge is -2.18. The van der Waals surface area contributed by atoms with E-state index < -0.39 is 30.4 Å². The number of benzene rings is 2. The average molecular weight is 402 g/mol. The van der Waals surface area contributed by atoms with Crippen molar-refractivity contribution in [2.24, 2.45) is 0 Å². The molecular formula is C19H19F5N2O2. The van der Waals surface area contributed by atoms with Gasteiger partial charge in [-0.05, 0) is 17.2 Å². The number of hydrogen-bond acceptors (Lipinski definition) is 2. The Labute approximate surface area is 158 Å². The van der Waals surface area contributed by atoms with Gasteiger partial charge in [-0.25, -0.2) is 13.6 Å². The van der Waals surface area contributed by atoms with Crippen molar-refractivity contribution in [3.05, 3.63) is 70.8 Å². The van der Waals surface area contributed by atoms with Gasteiger partial charge in [0.1, 0.15) is 18.2 Å². The molecule has 0 saturated carbocycles. The minimum atomic E-state index is -4.37. The molecule has 0 unspecified atom stereocenters. The Bertz CT molecular complexity index is 794. The van der Waals surface area contributed by atoms with E-state index in [1.165, 1.54) is 18.0 Å². The molecule has 1 N–H and O–H groups in total. The van der Waals surface area contributed by atoms with Gasteiger partial charge in [0.25, 0.3) is 0 Å². The van der Waals surface area contributed by atoms with E-state index in [0.717, 1.165) is 17.7 Å². The van der Waals surface area contributed by atoms with Crippen molar-refractivity contribution in [2.45, 2.75) is 25.9 Å². The Kier molecular flexibility index (Phi) is 7.33. The summed E-state index contributed by atoms with van der Waals surface area (Å²) >= 11 is 0. The van der Waals surface area contributed by atoms with Gasteiger partial charge in [0.15, 0.2) is 0 Å². The van der Waals surface area contributed by atoms with Crippen molar-refractivity contribution in [3.8, 4) is 0 Å². The SMILES string of the molecule is CN(Cc1ccc(F)cc1F)C(=O)NCc1ccc(COCC(F)(F)F)cc1. The molecule has 0 heterocycles. The zero-order valence-corrected chi connectivity index (χ0v) is 15.0. The minimum Gasteiger partial charge on any atom is -0.367 e. The molecule has 0 aliphatic rings. The summed E-state index contributed by atoms with van der Waals surface area (Å²) in [7, 11) is 1.47. The maximum atomic E-state index is 13.6. The summed E-state index contributed by atoms with van der Waals surface area (Å²) in [5, 5.41) is 2.64. The first-order valence-corrected chi connectivity index (χ1v) is 8.29. The number of urea groups is 1. The molecule has 152 valence electrons. The van der Waals surface area contributed by atoms with Crippen molar-refractivity contribution in [2.75, 3.05) is 13.7 Å². The number of amides is 2. The van der Waals surface area contributed by atoms with Crippen LogP contribution in [0.2, 0.25) is 0 Å². The van der Waals surface area contributed by atoms with Crippen molar-refractivity contribution in [3.63, 3.8) is 0 Å². The standard InChI is InChI=1S/C19H19F5N2O2/c1-26(10-15-6-7-16(20)8-17(15)21)18(27)25-9-13-2-4-14(5-3-13)11-28-12-19(22,23)24/h2-8H,9-12H2,1H3,(H,25,27). The number of nitrogens with zero attached hydrogens (tertiary/aromatic N) is 1. The van der Waals surface area contributed by atoms with Crippen LogP contribution in [0.15, 0.2) is 42.5 Å². The fourth-order valence-corrected chi connectivity index (χ4v) is 2.33. The summed E-state index contributed by atoms with van der Waals surface area (Å²) in [6.07, 6.45) is -4.37. The topological polar surface area (TPSA) is 41.6 Å². The van der Waals surface area contributed by atoms with Crippen LogP contribution >= 0.6 is 0 Å². The Balaban J connectivity index is 1.80. The highest BCUT2D eigenvalue weighted by atomic mass is 19.4. The Morgan fingerprint density at radius 1 is 1.07 bits per heavy atom. The number of carbonyl (C=O) groups is 1. The zero-order valence-electron chi connectivity index (χ0n) is 15.0. The maximum absolute atomic E-state index is 13.6. The molecule has 0 fully saturated rings. The molecule has 4 nitrogen and oxygen atoms in total. The van der Waals surface area contributed by atoms with Gasteiger partial charge in [0.05, 0.1) is 6.61 Å². The highest BCUT2D eigenvalue weighted by Gasteiger charge is 2.27. The third-order valence-electron chi connectivity index (χ3n) is 3.77. The van der Waals surface area contributed by atoms with Gasteiger partial charge in [-0.15, -0.1) is 0 Å². The first-order chi connectivity index (χ1) is 13.1. The molecule has 2 aromatic carbocycles. The number of ether oxygens (including phenoxy) is 1. The fraction of sp³-hybridized carbons (Fsp3) is 0.316. The normalized spacial score (nSPS) is 11.4. The zero-order chi connectivity index (χ0) is 20.7. The first kappa shape index (κ1) is 21.6. The van der Waals surface area contributed by atoms with Crippen LogP contribution in [0.5, 0.6) is 0 Å². The second-order valence-electron chi connectivity index (χ2n) is 6.17. The van der Waals surface area contributed by atoms with Crippen LogP contribution in [-0.2, 0) is 24.4 Å². The molecule has 0 aliphatic carbocycles. The van der Waals surface area contributed by atoms with Gasteiger partial charge in [0, 0.05) is 31.8 Å². The summed E-state index contributed by atoms with van der Waals surface area (Å²) in [5.74, 6) is -1.43. The van der Waals surface area contributed by atoms with Gasteiger partial charge in [-0.1, -0.05) is 30.3 Å². The van der Waals surface area contributed by atoms with Crippen LogP contribution in [0.4, 0.5) is 26.7 Å². The molecule has 0 bridgehead atoms. The van der Waals surface area contributed by atoms with Crippen molar-refractivity contribution >= 4 is 6.03 Å². The monoisotopic (exact) mass is 402 g/mol. The molecule has 0 saturated heterocycles. The highest BCUT2D eigenvalue weighted by Crippen LogP contribution is 2.16. The predicted molar refractivity (Wildman–Crippen MR) is 92.2 cm³/mol. The van der Waals surface area contributed by atoms with Gasteiger partial charge >= 0.3 is 12.2 Å². The number of hydrogen-bond donors (Lipinski definition) is 1. The molecule has 0 aromatic heterocycles. The van der Waals surface area contributed by atoms with Crippen LogP contribution in [0.25, 0.3) is 0 Å². The smallest absolute Gasteiger partial charge is 0.367 e. The van der Waals surface area contributed by atoms with Gasteiger partial charge in [-0.3, -0.25) is 0 Å². The summed E-state index contributed by atoms with van der Waals surface area (Å²) in [6, 6.07) is 9.21. The molecule has 2 amide bonds. The number of nitrogens with one attached hydrogen (secondary N) is 1. The Morgan fingerprint density at radius 3 is 2.32 bits per heavy atom. The van der Waals surface area contributed by atoms with E-state index in [1.54, 1.807) is 24.3 Å². The molecule has 0 radical (unpaired) electrons. The summed E-state index contributed by atoms with van der Waals surface area (Å²) in [6.45, 7) is -1.34. The molecule has 2 aromatic rings. The lowest BCUT2D eigenvalue weighted by Crippen LogP contribution is -2.36. The minimum absolute atomic E-state index is 0.0343. The summed E-state index contributed by atoms with van der Waals surface area (Å²) in [5.41, 5.74) is 1.49. The Hall–Kier alpha value is -2.68. The molecule has 0 spiro atoms. The number of halogens is 5. The summed E-state index contributed by atoms with van der Waals surface area (Å²) in [4.78, 5) is 13.3. The van der Waals surface area contributed by atoms with E-state index in [-0.39, 0.29) is 25.3 Å². The van der Waals surface area contributed by atoms with E-state index >= 15 is 0 Å². The Morgan fingerprint density at radius 2 is 1.71 bits per heavy atom. The van der Waals surface area contributed by atoms with Crippen LogP contribution in [0.1, 0.15) is 16.7 Å². The third-order valence-corrected chi connectivity index (χ3v) is 3.77. The lowest BCUT2D eigenvalue weighted by molar-refractivity contribution is -0.176.